The molecule has 2 unspecified atom stereocenters. The van der Waals surface area contributed by atoms with Crippen LogP contribution in [0.15, 0.2) is 5.16 Å². The van der Waals surface area contributed by atoms with E-state index in [9.17, 15) is 28.0 Å². The minimum Gasteiger partial charge on any atom is -0.411 e. The van der Waals surface area contributed by atoms with Gasteiger partial charge in [-0.2, -0.15) is 24.9 Å². The number of halogens is 3. The number of amides is 1. The molecule has 7 atom stereocenters. The fraction of sp³-hybridized carbons (Fsp3) is 0.870. The van der Waals surface area contributed by atoms with E-state index in [1.807, 2.05) is 5.32 Å². The number of nitrogens with one attached hydrogen (secondary N) is 1. The van der Waals surface area contributed by atoms with E-state index in [0.29, 0.717) is 35.7 Å². The van der Waals surface area contributed by atoms with E-state index in [-0.39, 0.29) is 28.5 Å². The first-order valence-corrected chi connectivity index (χ1v) is 12.8. The van der Waals surface area contributed by atoms with Crippen LogP contribution >= 0.6 is 11.8 Å². The van der Waals surface area contributed by atoms with Gasteiger partial charge in [-0.15, -0.1) is 0 Å². The topological polar surface area (TPSA) is 78.8 Å². The number of hydrogen-bond donors (Lipinski definition) is 2. The standard InChI is InChI=1S/C23H33F3N2O3S/c1-21-7-5-13(32-10-9-27-20(30)23(24,25)26)11-17(21)18(28-31)12-14-15-3-4-19(29)22(15,2)8-6-16(14)21/h13-17,31H,3-12H2,1-2H3,(H,27,30)/b28-18-/t13?,14-,15-,16+,17?,21+,22-/m0/s1. The van der Waals surface area contributed by atoms with Crippen molar-refractivity contribution < 1.29 is 28.0 Å². The van der Waals surface area contributed by atoms with Crippen LogP contribution in [0.3, 0.4) is 0 Å². The van der Waals surface area contributed by atoms with Gasteiger partial charge in [0.2, 0.25) is 0 Å². The lowest BCUT2D eigenvalue weighted by Crippen LogP contribution is -2.57. The minimum absolute atomic E-state index is 0.0125. The zero-order valence-corrected chi connectivity index (χ0v) is 19.5. The molecule has 5 nitrogen and oxygen atoms in total. The van der Waals surface area contributed by atoms with E-state index >= 15 is 0 Å². The lowest BCUT2D eigenvalue weighted by Gasteiger charge is -2.60. The summed E-state index contributed by atoms with van der Waals surface area (Å²) in [6.45, 7) is 4.45. The highest BCUT2D eigenvalue weighted by Crippen LogP contribution is 2.65. The Labute approximate surface area is 191 Å². The van der Waals surface area contributed by atoms with Crippen molar-refractivity contribution in [2.45, 2.75) is 76.6 Å². The molecule has 1 amide bonds. The molecule has 4 saturated carbocycles. The largest absolute Gasteiger partial charge is 0.471 e. The van der Waals surface area contributed by atoms with Crippen LogP contribution in [-0.2, 0) is 9.59 Å². The van der Waals surface area contributed by atoms with Crippen LogP contribution in [0.1, 0.15) is 65.2 Å². The smallest absolute Gasteiger partial charge is 0.411 e. The molecule has 4 rings (SSSR count). The van der Waals surface area contributed by atoms with Crippen LogP contribution < -0.4 is 5.32 Å². The van der Waals surface area contributed by atoms with Gasteiger partial charge in [-0.25, -0.2) is 0 Å². The first-order chi connectivity index (χ1) is 15.0. The maximum absolute atomic E-state index is 12.6. The van der Waals surface area contributed by atoms with Gasteiger partial charge in [0, 0.05) is 35.3 Å². The summed E-state index contributed by atoms with van der Waals surface area (Å²) in [5.41, 5.74) is 0.644. The molecule has 0 aliphatic heterocycles. The second-order valence-electron chi connectivity index (χ2n) is 10.7. The number of thioether (sulfide) groups is 1. The lowest BCUT2D eigenvalue weighted by atomic mass is 9.45. The summed E-state index contributed by atoms with van der Waals surface area (Å²) < 4.78 is 37.0. The normalized spacial score (nSPS) is 42.8. The zero-order chi connectivity index (χ0) is 23.3. The average Bonchev–Trinajstić information content (AvgIpc) is 3.04. The Bertz CT molecular complexity index is 804. The van der Waals surface area contributed by atoms with Gasteiger partial charge in [-0.3, -0.25) is 9.59 Å². The Morgan fingerprint density at radius 2 is 1.97 bits per heavy atom. The molecule has 0 radical (unpaired) electrons. The number of nitrogens with zero attached hydrogens (tertiary/aromatic N) is 1. The molecule has 0 bridgehead atoms. The Kier molecular flexibility index (Phi) is 6.36. The molecule has 4 fully saturated rings. The van der Waals surface area contributed by atoms with Gasteiger partial charge in [-0.1, -0.05) is 19.0 Å². The molecule has 2 N–H and O–H groups in total. The highest BCUT2D eigenvalue weighted by atomic mass is 32.2. The fourth-order valence-electron chi connectivity index (χ4n) is 7.55. The molecule has 0 spiro atoms. The van der Waals surface area contributed by atoms with Gasteiger partial charge in [0.05, 0.1) is 5.71 Å². The molecule has 0 aromatic carbocycles. The van der Waals surface area contributed by atoms with E-state index in [1.165, 1.54) is 0 Å². The van der Waals surface area contributed by atoms with E-state index in [0.717, 1.165) is 50.7 Å². The van der Waals surface area contributed by atoms with Crippen molar-refractivity contribution in [3.05, 3.63) is 0 Å². The monoisotopic (exact) mass is 474 g/mol. The molecular weight excluding hydrogens is 441 g/mol. The number of alkyl halides is 3. The third kappa shape index (κ3) is 3.96. The zero-order valence-electron chi connectivity index (χ0n) is 18.7. The van der Waals surface area contributed by atoms with Crippen molar-refractivity contribution in [3.63, 3.8) is 0 Å². The molecule has 0 aromatic rings. The van der Waals surface area contributed by atoms with Crippen LogP contribution in [0, 0.1) is 34.5 Å². The van der Waals surface area contributed by atoms with Crippen molar-refractivity contribution in [1.29, 1.82) is 0 Å². The summed E-state index contributed by atoms with van der Waals surface area (Å²) in [6, 6.07) is 0. The number of carbonyl (C=O) groups is 2. The molecule has 0 heterocycles. The number of rotatable bonds is 4. The van der Waals surface area contributed by atoms with Crippen molar-refractivity contribution >= 4 is 29.2 Å². The predicted molar refractivity (Wildman–Crippen MR) is 117 cm³/mol. The summed E-state index contributed by atoms with van der Waals surface area (Å²) in [7, 11) is 0. The van der Waals surface area contributed by atoms with E-state index in [1.54, 1.807) is 11.8 Å². The van der Waals surface area contributed by atoms with Crippen molar-refractivity contribution in [2.24, 2.45) is 39.7 Å². The maximum Gasteiger partial charge on any atom is 0.471 e. The minimum atomic E-state index is -4.84. The third-order valence-corrected chi connectivity index (χ3v) is 10.6. The van der Waals surface area contributed by atoms with Crippen LogP contribution in [0.4, 0.5) is 13.2 Å². The van der Waals surface area contributed by atoms with Gasteiger partial charge in [0.1, 0.15) is 5.78 Å². The summed E-state index contributed by atoms with van der Waals surface area (Å²) >= 11 is 1.60. The number of fused-ring (bicyclic) bond motifs is 5. The van der Waals surface area contributed by atoms with E-state index in [2.05, 4.69) is 19.0 Å². The number of ketones is 1. The molecule has 0 saturated heterocycles. The quantitative estimate of drug-likeness (QED) is 0.348. The predicted octanol–water partition coefficient (Wildman–Crippen LogP) is 4.82. The second kappa shape index (κ2) is 8.51. The van der Waals surface area contributed by atoms with Crippen LogP contribution in [-0.4, -0.2) is 46.3 Å². The second-order valence-corrected chi connectivity index (χ2v) is 12.1. The summed E-state index contributed by atoms with van der Waals surface area (Å²) in [5, 5.41) is 15.8. The molecule has 0 aromatic heterocycles. The molecular formula is C23H33F3N2O3S. The SMILES string of the molecule is C[C@]12CCC(SCCNC(=O)C(F)(F)F)CC1/C(=N\O)C[C@@H]1[C@H]2CC[C@]2(C)C(=O)CC[C@@H]12. The van der Waals surface area contributed by atoms with Gasteiger partial charge in [0.15, 0.2) is 0 Å². The van der Waals surface area contributed by atoms with Crippen molar-refractivity contribution in [2.75, 3.05) is 12.3 Å². The Hall–Kier alpha value is -1.25. The third-order valence-electron chi connectivity index (χ3n) is 9.27. The first kappa shape index (κ1) is 23.9. The van der Waals surface area contributed by atoms with Gasteiger partial charge in [0.25, 0.3) is 0 Å². The number of carbonyl (C=O) groups excluding carboxylic acids is 2. The lowest BCUT2D eigenvalue weighted by molar-refractivity contribution is -0.173. The molecule has 32 heavy (non-hydrogen) atoms. The van der Waals surface area contributed by atoms with Gasteiger partial charge >= 0.3 is 12.1 Å². The Morgan fingerprint density at radius 1 is 1.22 bits per heavy atom. The summed E-state index contributed by atoms with van der Waals surface area (Å²) in [6.07, 6.45) is 2.29. The summed E-state index contributed by atoms with van der Waals surface area (Å²) in [4.78, 5) is 23.6. The average molecular weight is 475 g/mol. The number of oxime groups is 1. The highest BCUT2D eigenvalue weighted by molar-refractivity contribution is 7.99. The number of hydrogen-bond acceptors (Lipinski definition) is 5. The Balaban J connectivity index is 1.41. The number of Topliss-reactive ketones (excluding diaryl/α,β-unsaturated/α-hetero) is 1. The van der Waals surface area contributed by atoms with Crippen LogP contribution in [0.2, 0.25) is 0 Å². The molecule has 180 valence electrons. The van der Waals surface area contributed by atoms with Gasteiger partial charge < -0.3 is 10.5 Å². The molecule has 4 aliphatic rings. The summed E-state index contributed by atoms with van der Waals surface area (Å²) in [5.74, 6) is 0.355. The van der Waals surface area contributed by atoms with Gasteiger partial charge in [-0.05, 0) is 68.1 Å². The van der Waals surface area contributed by atoms with Crippen LogP contribution in [0.5, 0.6) is 0 Å². The van der Waals surface area contributed by atoms with E-state index < -0.39 is 12.1 Å². The van der Waals surface area contributed by atoms with Crippen molar-refractivity contribution in [1.82, 2.24) is 5.32 Å². The highest BCUT2D eigenvalue weighted by Gasteiger charge is 2.61. The Morgan fingerprint density at radius 3 is 2.66 bits per heavy atom. The fourth-order valence-corrected chi connectivity index (χ4v) is 8.72. The van der Waals surface area contributed by atoms with Crippen molar-refractivity contribution in [3.8, 4) is 0 Å². The molecule has 9 heteroatoms. The first-order valence-electron chi connectivity index (χ1n) is 11.7. The molecule has 4 aliphatic carbocycles. The maximum atomic E-state index is 12.6. The van der Waals surface area contributed by atoms with Crippen LogP contribution in [0.25, 0.3) is 0 Å². The van der Waals surface area contributed by atoms with E-state index in [4.69, 9.17) is 0 Å².